The molecule has 2 aromatic heterocycles. The molecule has 0 amide bonds. The van der Waals surface area contributed by atoms with Gasteiger partial charge >= 0.3 is 0 Å². The summed E-state index contributed by atoms with van der Waals surface area (Å²) in [5.41, 5.74) is 0. The third kappa shape index (κ3) is 5.43. The van der Waals surface area contributed by atoms with Gasteiger partial charge in [-0.25, -0.2) is 14.6 Å². The van der Waals surface area contributed by atoms with Crippen LogP contribution in [0.25, 0.3) is 0 Å². The molecule has 0 saturated heterocycles. The SMILES string of the molecule is CCNC(=NCCCSc1nccs1)NC1CCc2nc(C)nn2C1. The largest absolute Gasteiger partial charge is 0.357 e. The summed E-state index contributed by atoms with van der Waals surface area (Å²) in [4.78, 5) is 13.5. The van der Waals surface area contributed by atoms with Crippen molar-refractivity contribution in [1.29, 1.82) is 0 Å². The van der Waals surface area contributed by atoms with E-state index in [0.717, 1.165) is 66.6 Å². The number of hydrogen-bond donors (Lipinski definition) is 2. The fourth-order valence-electron chi connectivity index (χ4n) is 2.76. The third-order valence-electron chi connectivity index (χ3n) is 3.86. The van der Waals surface area contributed by atoms with Gasteiger partial charge in [-0.05, 0) is 26.7 Å². The molecule has 7 nitrogen and oxygen atoms in total. The van der Waals surface area contributed by atoms with Crippen molar-refractivity contribution in [3.05, 3.63) is 23.2 Å². The number of fused-ring (bicyclic) bond motifs is 1. The molecule has 0 saturated carbocycles. The minimum Gasteiger partial charge on any atom is -0.357 e. The molecule has 0 bridgehead atoms. The fourth-order valence-corrected chi connectivity index (χ4v) is 4.39. The minimum absolute atomic E-state index is 0.344. The molecule has 1 aliphatic heterocycles. The van der Waals surface area contributed by atoms with Crippen LogP contribution in [0.15, 0.2) is 20.9 Å². The molecule has 0 aliphatic carbocycles. The number of aliphatic imine (C=N–C) groups is 1. The molecular formula is C16H25N7S2. The maximum absolute atomic E-state index is 4.71. The Kier molecular flexibility index (Phi) is 6.69. The van der Waals surface area contributed by atoms with Crippen LogP contribution in [0.5, 0.6) is 0 Å². The van der Waals surface area contributed by atoms with Crippen molar-refractivity contribution in [3.63, 3.8) is 0 Å². The number of aromatic nitrogens is 4. The first-order valence-electron chi connectivity index (χ1n) is 8.72. The molecule has 25 heavy (non-hydrogen) atoms. The van der Waals surface area contributed by atoms with E-state index in [4.69, 9.17) is 4.99 Å². The van der Waals surface area contributed by atoms with Gasteiger partial charge in [0.05, 0.1) is 6.54 Å². The molecule has 0 aromatic carbocycles. The van der Waals surface area contributed by atoms with E-state index in [1.807, 2.05) is 23.2 Å². The number of thioether (sulfide) groups is 1. The zero-order valence-electron chi connectivity index (χ0n) is 14.7. The quantitative estimate of drug-likeness (QED) is 0.332. The fraction of sp³-hybridized carbons (Fsp3) is 0.625. The molecule has 1 atom stereocenters. The van der Waals surface area contributed by atoms with E-state index in [-0.39, 0.29) is 0 Å². The molecule has 3 rings (SSSR count). The van der Waals surface area contributed by atoms with Crippen LogP contribution in [0.3, 0.4) is 0 Å². The lowest BCUT2D eigenvalue weighted by Crippen LogP contribution is -2.47. The Morgan fingerprint density at radius 1 is 1.52 bits per heavy atom. The predicted octanol–water partition coefficient (Wildman–Crippen LogP) is 2.10. The Hall–Kier alpha value is -1.61. The van der Waals surface area contributed by atoms with Crippen molar-refractivity contribution < 1.29 is 0 Å². The molecule has 0 spiro atoms. The average molecular weight is 380 g/mol. The van der Waals surface area contributed by atoms with E-state index in [0.29, 0.717) is 6.04 Å². The third-order valence-corrected chi connectivity index (χ3v) is 5.91. The normalized spacial score (nSPS) is 17.4. The molecule has 3 heterocycles. The van der Waals surface area contributed by atoms with Gasteiger partial charge in [-0.3, -0.25) is 4.99 Å². The van der Waals surface area contributed by atoms with E-state index >= 15 is 0 Å². The van der Waals surface area contributed by atoms with E-state index < -0.39 is 0 Å². The van der Waals surface area contributed by atoms with Gasteiger partial charge in [0.25, 0.3) is 0 Å². The van der Waals surface area contributed by atoms with Gasteiger partial charge in [-0.15, -0.1) is 11.3 Å². The van der Waals surface area contributed by atoms with Gasteiger partial charge in [0.15, 0.2) is 5.96 Å². The van der Waals surface area contributed by atoms with Crippen LogP contribution in [0.2, 0.25) is 0 Å². The summed E-state index contributed by atoms with van der Waals surface area (Å²) in [5, 5.41) is 13.4. The summed E-state index contributed by atoms with van der Waals surface area (Å²) in [6.45, 7) is 6.56. The molecule has 2 N–H and O–H groups in total. The molecule has 1 aliphatic rings. The van der Waals surface area contributed by atoms with Crippen LogP contribution in [-0.2, 0) is 13.0 Å². The van der Waals surface area contributed by atoms with Gasteiger partial charge in [-0.2, -0.15) is 5.10 Å². The number of guanidine groups is 1. The first-order valence-corrected chi connectivity index (χ1v) is 10.6. The zero-order valence-corrected chi connectivity index (χ0v) is 16.4. The second kappa shape index (κ2) is 9.19. The van der Waals surface area contributed by atoms with Gasteiger partial charge in [-0.1, -0.05) is 11.8 Å². The highest BCUT2D eigenvalue weighted by Gasteiger charge is 2.21. The number of nitrogens with zero attached hydrogens (tertiary/aromatic N) is 5. The number of hydrogen-bond acceptors (Lipinski definition) is 6. The molecule has 9 heteroatoms. The van der Waals surface area contributed by atoms with E-state index in [2.05, 4.69) is 32.6 Å². The summed E-state index contributed by atoms with van der Waals surface area (Å²) >= 11 is 3.49. The predicted molar refractivity (Wildman–Crippen MR) is 103 cm³/mol. The number of rotatable bonds is 7. The number of nitrogens with one attached hydrogen (secondary N) is 2. The zero-order chi connectivity index (χ0) is 17.5. The average Bonchev–Trinajstić information content (AvgIpc) is 3.22. The van der Waals surface area contributed by atoms with Crippen molar-refractivity contribution in [1.82, 2.24) is 30.4 Å². The lowest BCUT2D eigenvalue weighted by atomic mass is 10.1. The first-order chi connectivity index (χ1) is 12.2. The highest BCUT2D eigenvalue weighted by atomic mass is 32.2. The van der Waals surface area contributed by atoms with E-state index in [1.54, 1.807) is 23.1 Å². The molecule has 2 aromatic rings. The Morgan fingerprint density at radius 3 is 3.24 bits per heavy atom. The molecule has 0 fully saturated rings. The number of aryl methyl sites for hydroxylation is 2. The summed E-state index contributed by atoms with van der Waals surface area (Å²) in [6.07, 6.45) is 4.91. The topological polar surface area (TPSA) is 80.0 Å². The summed E-state index contributed by atoms with van der Waals surface area (Å²) in [5.74, 6) is 3.89. The van der Waals surface area contributed by atoms with Gasteiger partial charge in [0.1, 0.15) is 16.0 Å². The van der Waals surface area contributed by atoms with Crippen LogP contribution >= 0.6 is 23.1 Å². The van der Waals surface area contributed by atoms with E-state index in [9.17, 15) is 0 Å². The minimum atomic E-state index is 0.344. The molecule has 136 valence electrons. The second-order valence-corrected chi connectivity index (χ2v) is 8.13. The van der Waals surface area contributed by atoms with Crippen LogP contribution in [0.4, 0.5) is 0 Å². The van der Waals surface area contributed by atoms with Crippen molar-refractivity contribution in [3.8, 4) is 0 Å². The molecule has 0 radical (unpaired) electrons. The Bertz CT molecular complexity index is 681. The van der Waals surface area contributed by atoms with Crippen LogP contribution in [0, 0.1) is 6.92 Å². The Labute approximate surface area is 156 Å². The van der Waals surface area contributed by atoms with Crippen molar-refractivity contribution in [2.45, 2.75) is 50.0 Å². The lowest BCUT2D eigenvalue weighted by Gasteiger charge is -2.25. The summed E-state index contributed by atoms with van der Waals surface area (Å²) < 4.78 is 3.15. The lowest BCUT2D eigenvalue weighted by molar-refractivity contribution is 0.392. The Balaban J connectivity index is 1.45. The highest BCUT2D eigenvalue weighted by Crippen LogP contribution is 2.20. The van der Waals surface area contributed by atoms with Crippen LogP contribution < -0.4 is 10.6 Å². The summed E-state index contributed by atoms with van der Waals surface area (Å²) in [6, 6.07) is 0.344. The van der Waals surface area contributed by atoms with Crippen LogP contribution in [0.1, 0.15) is 31.4 Å². The van der Waals surface area contributed by atoms with E-state index in [1.165, 1.54) is 0 Å². The van der Waals surface area contributed by atoms with Gasteiger partial charge < -0.3 is 10.6 Å². The smallest absolute Gasteiger partial charge is 0.191 e. The Morgan fingerprint density at radius 2 is 2.44 bits per heavy atom. The maximum atomic E-state index is 4.71. The van der Waals surface area contributed by atoms with Gasteiger partial charge in [0.2, 0.25) is 0 Å². The van der Waals surface area contributed by atoms with Gasteiger partial charge in [0, 0.05) is 42.9 Å². The summed E-state index contributed by atoms with van der Waals surface area (Å²) in [7, 11) is 0. The monoisotopic (exact) mass is 379 g/mol. The highest BCUT2D eigenvalue weighted by molar-refractivity contribution is 8.00. The molecule has 1 unspecified atom stereocenters. The van der Waals surface area contributed by atoms with Crippen molar-refractivity contribution in [2.24, 2.45) is 4.99 Å². The first kappa shape index (κ1) is 18.2. The molecular weight excluding hydrogens is 354 g/mol. The van der Waals surface area contributed by atoms with Crippen molar-refractivity contribution in [2.75, 3.05) is 18.8 Å². The standard InChI is InChI=1S/C16H25N7S2/c1-3-17-15(18-7-4-9-24-16-19-8-10-25-16)21-13-5-6-14-20-12(2)22-23(14)11-13/h8,10,13H,3-7,9,11H2,1-2H3,(H2,17,18,21). The second-order valence-electron chi connectivity index (χ2n) is 5.90. The maximum Gasteiger partial charge on any atom is 0.191 e. The van der Waals surface area contributed by atoms with Crippen molar-refractivity contribution >= 4 is 29.1 Å². The number of thiazole rings is 1. The van der Waals surface area contributed by atoms with Crippen LogP contribution in [-0.4, -0.2) is 50.6 Å².